The molecule has 1 aliphatic rings. The predicted molar refractivity (Wildman–Crippen MR) is 88.0 cm³/mol. The van der Waals surface area contributed by atoms with Crippen LogP contribution in [0.5, 0.6) is 0 Å². The first-order chi connectivity index (χ1) is 9.70. The molecular formula is C18H30N2. The van der Waals surface area contributed by atoms with Gasteiger partial charge in [-0.15, -0.1) is 0 Å². The summed E-state index contributed by atoms with van der Waals surface area (Å²) in [6, 6.07) is 8.58. The lowest BCUT2D eigenvalue weighted by Crippen LogP contribution is -2.34. The fraction of sp³-hybridized carbons (Fsp3) is 0.667. The van der Waals surface area contributed by atoms with Gasteiger partial charge in [-0.25, -0.2) is 0 Å². The summed E-state index contributed by atoms with van der Waals surface area (Å²) < 4.78 is 0. The van der Waals surface area contributed by atoms with Crippen LogP contribution in [0.1, 0.15) is 57.9 Å². The van der Waals surface area contributed by atoms with Crippen molar-refractivity contribution in [2.45, 2.75) is 57.8 Å². The number of hydrogen-bond donors (Lipinski definition) is 1. The second kappa shape index (κ2) is 7.12. The lowest BCUT2D eigenvalue weighted by Gasteiger charge is -2.28. The summed E-state index contributed by atoms with van der Waals surface area (Å²) in [5.41, 5.74) is 8.60. The summed E-state index contributed by atoms with van der Waals surface area (Å²) in [4.78, 5) is 2.69. The van der Waals surface area contributed by atoms with E-state index in [4.69, 9.17) is 5.73 Å². The second-order valence-corrected chi connectivity index (χ2v) is 6.39. The maximum absolute atomic E-state index is 5.81. The lowest BCUT2D eigenvalue weighted by molar-refractivity contribution is 0.242. The van der Waals surface area contributed by atoms with Crippen LogP contribution in [0.15, 0.2) is 24.3 Å². The monoisotopic (exact) mass is 274 g/mol. The molecule has 2 nitrogen and oxygen atoms in total. The Morgan fingerprint density at radius 1 is 1.00 bits per heavy atom. The highest BCUT2D eigenvalue weighted by molar-refractivity contribution is 5.43. The standard InChI is InChI=1S/C18H30N2/c1-3-5-13-20(14-6-4-2)15-18(11-12-18)16-7-9-17(19)10-8-16/h7-10H,3-6,11-15,19H2,1-2H3. The van der Waals surface area contributed by atoms with Gasteiger partial charge in [0.25, 0.3) is 0 Å². The predicted octanol–water partition coefficient (Wildman–Crippen LogP) is 4.20. The highest BCUT2D eigenvalue weighted by atomic mass is 15.1. The van der Waals surface area contributed by atoms with Crippen LogP contribution in [0.4, 0.5) is 5.69 Å². The van der Waals surface area contributed by atoms with E-state index in [9.17, 15) is 0 Å². The van der Waals surface area contributed by atoms with E-state index in [1.807, 2.05) is 0 Å². The minimum Gasteiger partial charge on any atom is -0.399 e. The van der Waals surface area contributed by atoms with E-state index >= 15 is 0 Å². The van der Waals surface area contributed by atoms with Crippen LogP contribution >= 0.6 is 0 Å². The third-order valence-corrected chi connectivity index (χ3v) is 4.56. The molecule has 0 aromatic heterocycles. The van der Waals surface area contributed by atoms with Gasteiger partial charge in [-0.1, -0.05) is 38.8 Å². The molecule has 0 aliphatic heterocycles. The Morgan fingerprint density at radius 2 is 1.55 bits per heavy atom. The number of benzene rings is 1. The molecular weight excluding hydrogens is 244 g/mol. The van der Waals surface area contributed by atoms with Crippen molar-refractivity contribution in [3.8, 4) is 0 Å². The SMILES string of the molecule is CCCCN(CCCC)CC1(c2ccc(N)cc2)CC1. The van der Waals surface area contributed by atoms with Crippen LogP contribution in [0.25, 0.3) is 0 Å². The van der Waals surface area contributed by atoms with Crippen LogP contribution in [0.3, 0.4) is 0 Å². The van der Waals surface area contributed by atoms with Crippen molar-refractivity contribution in [1.82, 2.24) is 4.90 Å². The van der Waals surface area contributed by atoms with Gasteiger partial charge in [0, 0.05) is 17.6 Å². The molecule has 1 saturated carbocycles. The Kier molecular flexibility index (Phi) is 5.47. The van der Waals surface area contributed by atoms with E-state index in [1.165, 1.54) is 63.7 Å². The van der Waals surface area contributed by atoms with Gasteiger partial charge in [0.15, 0.2) is 0 Å². The number of nitrogens with two attached hydrogens (primary N) is 1. The average Bonchev–Trinajstić information content (AvgIpc) is 3.23. The van der Waals surface area contributed by atoms with Gasteiger partial charge >= 0.3 is 0 Å². The molecule has 2 rings (SSSR count). The molecule has 0 atom stereocenters. The molecule has 0 bridgehead atoms. The number of anilines is 1. The fourth-order valence-corrected chi connectivity index (χ4v) is 2.99. The Hall–Kier alpha value is -1.02. The van der Waals surface area contributed by atoms with Gasteiger partial charge in [-0.2, -0.15) is 0 Å². The fourth-order valence-electron chi connectivity index (χ4n) is 2.99. The van der Waals surface area contributed by atoms with E-state index in [0.29, 0.717) is 5.41 Å². The third kappa shape index (κ3) is 3.99. The minimum absolute atomic E-state index is 0.426. The van der Waals surface area contributed by atoms with E-state index in [-0.39, 0.29) is 0 Å². The van der Waals surface area contributed by atoms with Crippen molar-refractivity contribution in [2.75, 3.05) is 25.4 Å². The summed E-state index contributed by atoms with van der Waals surface area (Å²) in [6.07, 6.45) is 7.90. The third-order valence-electron chi connectivity index (χ3n) is 4.56. The van der Waals surface area contributed by atoms with Gasteiger partial charge in [-0.3, -0.25) is 0 Å². The second-order valence-electron chi connectivity index (χ2n) is 6.39. The molecule has 1 aromatic carbocycles. The summed E-state index contributed by atoms with van der Waals surface area (Å²) in [6.45, 7) is 8.31. The van der Waals surface area contributed by atoms with E-state index in [0.717, 1.165) is 5.69 Å². The summed E-state index contributed by atoms with van der Waals surface area (Å²) in [5.74, 6) is 0. The molecule has 2 N–H and O–H groups in total. The largest absolute Gasteiger partial charge is 0.399 e. The maximum atomic E-state index is 5.81. The molecule has 0 heterocycles. The minimum atomic E-state index is 0.426. The van der Waals surface area contributed by atoms with Gasteiger partial charge in [0.2, 0.25) is 0 Å². The molecule has 1 fully saturated rings. The number of hydrogen-bond acceptors (Lipinski definition) is 2. The first-order valence-electron chi connectivity index (χ1n) is 8.28. The van der Waals surface area contributed by atoms with Crippen molar-refractivity contribution >= 4 is 5.69 Å². The molecule has 0 amide bonds. The van der Waals surface area contributed by atoms with Crippen molar-refractivity contribution in [2.24, 2.45) is 0 Å². The molecule has 0 radical (unpaired) electrons. The van der Waals surface area contributed by atoms with Crippen molar-refractivity contribution < 1.29 is 0 Å². The molecule has 0 spiro atoms. The van der Waals surface area contributed by atoms with Gasteiger partial charge in [-0.05, 0) is 56.5 Å². The molecule has 112 valence electrons. The molecule has 0 unspecified atom stereocenters. The quantitative estimate of drug-likeness (QED) is 0.684. The highest BCUT2D eigenvalue weighted by Gasteiger charge is 2.45. The van der Waals surface area contributed by atoms with Crippen LogP contribution in [-0.2, 0) is 5.41 Å². The van der Waals surface area contributed by atoms with Crippen molar-refractivity contribution in [3.63, 3.8) is 0 Å². The zero-order valence-electron chi connectivity index (χ0n) is 13.2. The van der Waals surface area contributed by atoms with E-state index in [1.54, 1.807) is 0 Å². The van der Waals surface area contributed by atoms with Gasteiger partial charge in [0.1, 0.15) is 0 Å². The molecule has 20 heavy (non-hydrogen) atoms. The number of unbranched alkanes of at least 4 members (excludes halogenated alkanes) is 2. The Bertz CT molecular complexity index is 384. The first kappa shape index (κ1) is 15.4. The first-order valence-corrected chi connectivity index (χ1v) is 8.28. The smallest absolute Gasteiger partial charge is 0.0314 e. The van der Waals surface area contributed by atoms with Crippen LogP contribution in [0, 0.1) is 0 Å². The molecule has 2 heteroatoms. The normalized spacial score (nSPS) is 16.6. The van der Waals surface area contributed by atoms with Crippen molar-refractivity contribution in [1.29, 1.82) is 0 Å². The number of nitrogen functional groups attached to an aromatic ring is 1. The number of nitrogens with zero attached hydrogens (tertiary/aromatic N) is 1. The van der Waals surface area contributed by atoms with Gasteiger partial charge in [0.05, 0.1) is 0 Å². The Balaban J connectivity index is 1.98. The van der Waals surface area contributed by atoms with Crippen LogP contribution in [-0.4, -0.2) is 24.5 Å². The Morgan fingerprint density at radius 3 is 2.00 bits per heavy atom. The van der Waals surface area contributed by atoms with Crippen LogP contribution < -0.4 is 5.73 Å². The zero-order chi connectivity index (χ0) is 14.4. The average molecular weight is 274 g/mol. The van der Waals surface area contributed by atoms with Crippen LogP contribution in [0.2, 0.25) is 0 Å². The summed E-state index contributed by atoms with van der Waals surface area (Å²) >= 11 is 0. The lowest BCUT2D eigenvalue weighted by atomic mass is 9.94. The maximum Gasteiger partial charge on any atom is 0.0314 e. The summed E-state index contributed by atoms with van der Waals surface area (Å²) in [7, 11) is 0. The van der Waals surface area contributed by atoms with E-state index < -0.39 is 0 Å². The molecule has 1 aliphatic carbocycles. The Labute approximate surface area is 124 Å². The number of rotatable bonds is 9. The topological polar surface area (TPSA) is 29.3 Å². The summed E-state index contributed by atoms with van der Waals surface area (Å²) in [5, 5.41) is 0. The van der Waals surface area contributed by atoms with E-state index in [2.05, 4.69) is 43.0 Å². The van der Waals surface area contributed by atoms with Gasteiger partial charge < -0.3 is 10.6 Å². The highest BCUT2D eigenvalue weighted by Crippen LogP contribution is 2.48. The molecule has 0 saturated heterocycles. The van der Waals surface area contributed by atoms with Crippen molar-refractivity contribution in [3.05, 3.63) is 29.8 Å². The zero-order valence-corrected chi connectivity index (χ0v) is 13.2. The molecule has 1 aromatic rings.